The van der Waals surface area contributed by atoms with Crippen LogP contribution in [0.4, 0.5) is 9.18 Å². The van der Waals surface area contributed by atoms with Crippen LogP contribution in [0.1, 0.15) is 45.2 Å². The molecule has 0 saturated carbocycles. The second-order valence-electron chi connectivity index (χ2n) is 5.85. The first-order valence-corrected chi connectivity index (χ1v) is 6.77. The minimum Gasteiger partial charge on any atom is -0.444 e. The highest BCUT2D eigenvalue weighted by Gasteiger charge is 2.17. The lowest BCUT2D eigenvalue weighted by Gasteiger charge is -2.21. The number of nitrogens with zero attached hydrogens (tertiary/aromatic N) is 1. The summed E-state index contributed by atoms with van der Waals surface area (Å²) in [7, 11) is 0. The SMILES string of the molecule is Cc1c(F)cncc1C#CC[C@H](C)NC(=O)OC(C)(C)C. The summed E-state index contributed by atoms with van der Waals surface area (Å²) in [4.78, 5) is 15.3. The van der Waals surface area contributed by atoms with E-state index in [9.17, 15) is 9.18 Å². The highest BCUT2D eigenvalue weighted by Crippen LogP contribution is 2.09. The van der Waals surface area contributed by atoms with E-state index >= 15 is 0 Å². The van der Waals surface area contributed by atoms with Gasteiger partial charge in [-0.15, -0.1) is 0 Å². The smallest absolute Gasteiger partial charge is 0.407 e. The van der Waals surface area contributed by atoms with Crippen LogP contribution >= 0.6 is 0 Å². The second kappa shape index (κ2) is 7.07. The van der Waals surface area contributed by atoms with E-state index in [2.05, 4.69) is 22.1 Å². The number of carbonyl (C=O) groups excluding carboxylic acids is 1. The van der Waals surface area contributed by atoms with Crippen LogP contribution in [0.25, 0.3) is 0 Å². The zero-order chi connectivity index (χ0) is 16.0. The number of halogens is 1. The summed E-state index contributed by atoms with van der Waals surface area (Å²) >= 11 is 0. The van der Waals surface area contributed by atoms with Crippen molar-refractivity contribution in [1.82, 2.24) is 10.3 Å². The fourth-order valence-corrected chi connectivity index (χ4v) is 1.48. The van der Waals surface area contributed by atoms with Crippen LogP contribution in [0.3, 0.4) is 0 Å². The molecule has 0 unspecified atom stereocenters. The summed E-state index contributed by atoms with van der Waals surface area (Å²) in [5.74, 6) is 5.40. The van der Waals surface area contributed by atoms with Crippen LogP contribution in [-0.2, 0) is 4.74 Å². The van der Waals surface area contributed by atoms with E-state index in [-0.39, 0.29) is 11.9 Å². The van der Waals surface area contributed by atoms with E-state index in [1.807, 2.05) is 6.92 Å². The molecule has 0 aliphatic rings. The summed E-state index contributed by atoms with van der Waals surface area (Å²) in [6.45, 7) is 8.89. The van der Waals surface area contributed by atoms with E-state index in [1.165, 1.54) is 6.20 Å². The molecule has 0 spiro atoms. The van der Waals surface area contributed by atoms with Crippen LogP contribution in [-0.4, -0.2) is 22.7 Å². The lowest BCUT2D eigenvalue weighted by molar-refractivity contribution is 0.0509. The van der Waals surface area contributed by atoms with Crippen molar-refractivity contribution >= 4 is 6.09 Å². The molecule has 1 N–H and O–H groups in total. The Morgan fingerprint density at radius 2 is 2.14 bits per heavy atom. The second-order valence-corrected chi connectivity index (χ2v) is 5.85. The van der Waals surface area contributed by atoms with Gasteiger partial charge >= 0.3 is 6.09 Å². The molecule has 0 radical (unpaired) electrons. The van der Waals surface area contributed by atoms with Gasteiger partial charge in [-0.3, -0.25) is 4.98 Å². The van der Waals surface area contributed by atoms with Gasteiger partial charge in [0, 0.05) is 29.8 Å². The number of hydrogen-bond donors (Lipinski definition) is 1. The molecule has 0 fully saturated rings. The molecule has 5 heteroatoms. The number of alkyl carbamates (subject to hydrolysis) is 1. The summed E-state index contributed by atoms with van der Waals surface area (Å²) < 4.78 is 18.4. The average molecular weight is 292 g/mol. The minimum absolute atomic E-state index is 0.158. The normalized spacial score (nSPS) is 12.1. The number of amides is 1. The Hall–Kier alpha value is -2.09. The standard InChI is InChI=1S/C16H21FN2O2/c1-11(19-15(20)21-16(3,4)5)7-6-8-13-9-18-10-14(17)12(13)2/h9-11H,7H2,1-5H3,(H,19,20)/t11-/m0/s1. The first kappa shape index (κ1) is 17.0. The van der Waals surface area contributed by atoms with Gasteiger partial charge < -0.3 is 10.1 Å². The minimum atomic E-state index is -0.528. The van der Waals surface area contributed by atoms with Gasteiger partial charge in [0.1, 0.15) is 11.4 Å². The van der Waals surface area contributed by atoms with Crippen molar-refractivity contribution in [3.63, 3.8) is 0 Å². The average Bonchev–Trinajstić information content (AvgIpc) is 2.32. The Morgan fingerprint density at radius 1 is 1.48 bits per heavy atom. The first-order chi connectivity index (χ1) is 9.69. The molecule has 0 bridgehead atoms. The molecule has 1 heterocycles. The molecule has 1 amide bonds. The van der Waals surface area contributed by atoms with Crippen molar-refractivity contribution in [1.29, 1.82) is 0 Å². The van der Waals surface area contributed by atoms with Crippen molar-refractivity contribution in [3.8, 4) is 11.8 Å². The van der Waals surface area contributed by atoms with Crippen molar-refractivity contribution < 1.29 is 13.9 Å². The Kier molecular flexibility index (Phi) is 5.71. The fraction of sp³-hybridized carbons (Fsp3) is 0.500. The maximum absolute atomic E-state index is 13.3. The Balaban J connectivity index is 2.54. The van der Waals surface area contributed by atoms with E-state index in [0.717, 1.165) is 6.20 Å². The third-order valence-electron chi connectivity index (χ3n) is 2.55. The van der Waals surface area contributed by atoms with Gasteiger partial charge in [0.2, 0.25) is 0 Å². The molecule has 114 valence electrons. The first-order valence-electron chi connectivity index (χ1n) is 6.77. The highest BCUT2D eigenvalue weighted by molar-refractivity contribution is 5.68. The number of pyridine rings is 1. The molecule has 1 rings (SSSR count). The van der Waals surface area contributed by atoms with Crippen LogP contribution in [0, 0.1) is 24.6 Å². The van der Waals surface area contributed by atoms with Gasteiger partial charge in [0.15, 0.2) is 0 Å². The maximum atomic E-state index is 13.3. The Labute approximate surface area is 125 Å². The van der Waals surface area contributed by atoms with Gasteiger partial charge in [-0.25, -0.2) is 9.18 Å². The third-order valence-corrected chi connectivity index (χ3v) is 2.55. The Bertz CT molecular complexity index is 568. The maximum Gasteiger partial charge on any atom is 0.407 e. The van der Waals surface area contributed by atoms with Gasteiger partial charge in [-0.1, -0.05) is 11.8 Å². The summed E-state index contributed by atoms with van der Waals surface area (Å²) in [5.41, 5.74) is 0.504. The van der Waals surface area contributed by atoms with Crippen molar-refractivity contribution in [2.24, 2.45) is 0 Å². The van der Waals surface area contributed by atoms with Crippen LogP contribution in [0.15, 0.2) is 12.4 Å². The van der Waals surface area contributed by atoms with E-state index < -0.39 is 11.7 Å². The molecule has 21 heavy (non-hydrogen) atoms. The fourth-order valence-electron chi connectivity index (χ4n) is 1.48. The summed E-state index contributed by atoms with van der Waals surface area (Å²) in [5, 5.41) is 2.70. The number of aromatic nitrogens is 1. The quantitative estimate of drug-likeness (QED) is 0.852. The molecule has 0 aliphatic heterocycles. The lowest BCUT2D eigenvalue weighted by Crippen LogP contribution is -2.37. The topological polar surface area (TPSA) is 51.2 Å². The number of ether oxygens (including phenoxy) is 1. The summed E-state index contributed by atoms with van der Waals surface area (Å²) in [6.07, 6.45) is 2.65. The van der Waals surface area contributed by atoms with Crippen molar-refractivity contribution in [3.05, 3.63) is 29.3 Å². The largest absolute Gasteiger partial charge is 0.444 e. The molecule has 1 atom stereocenters. The number of hydrogen-bond acceptors (Lipinski definition) is 3. The van der Waals surface area contributed by atoms with Gasteiger partial charge in [0.05, 0.1) is 6.20 Å². The Morgan fingerprint density at radius 3 is 2.76 bits per heavy atom. The predicted molar refractivity (Wildman–Crippen MR) is 79.3 cm³/mol. The van der Waals surface area contributed by atoms with Crippen molar-refractivity contribution in [2.45, 2.75) is 52.7 Å². The molecule has 0 aromatic carbocycles. The molecule has 1 aromatic rings. The molecule has 0 saturated heterocycles. The molecule has 1 aromatic heterocycles. The van der Waals surface area contributed by atoms with Gasteiger partial charge in [-0.05, 0) is 34.6 Å². The number of carbonyl (C=O) groups is 1. The highest BCUT2D eigenvalue weighted by atomic mass is 19.1. The molecular formula is C16H21FN2O2. The molecule has 4 nitrogen and oxygen atoms in total. The lowest BCUT2D eigenvalue weighted by atomic mass is 10.1. The van der Waals surface area contributed by atoms with Gasteiger partial charge in [0.25, 0.3) is 0 Å². The number of rotatable bonds is 2. The van der Waals surface area contributed by atoms with Crippen LogP contribution < -0.4 is 5.32 Å². The van der Waals surface area contributed by atoms with Gasteiger partial charge in [-0.2, -0.15) is 0 Å². The zero-order valence-electron chi connectivity index (χ0n) is 13.1. The van der Waals surface area contributed by atoms with E-state index in [4.69, 9.17) is 4.74 Å². The van der Waals surface area contributed by atoms with Crippen LogP contribution in [0.5, 0.6) is 0 Å². The third kappa shape index (κ3) is 6.26. The molecule has 0 aliphatic carbocycles. The summed E-state index contributed by atoms with van der Waals surface area (Å²) in [6, 6.07) is -0.158. The van der Waals surface area contributed by atoms with E-state index in [0.29, 0.717) is 17.5 Å². The van der Waals surface area contributed by atoms with Crippen LogP contribution in [0.2, 0.25) is 0 Å². The number of nitrogens with one attached hydrogen (secondary N) is 1. The van der Waals surface area contributed by atoms with E-state index in [1.54, 1.807) is 27.7 Å². The zero-order valence-corrected chi connectivity index (χ0v) is 13.1. The van der Waals surface area contributed by atoms with Crippen molar-refractivity contribution in [2.75, 3.05) is 0 Å². The monoisotopic (exact) mass is 292 g/mol. The molecular weight excluding hydrogens is 271 g/mol. The predicted octanol–water partition coefficient (Wildman–Crippen LogP) is 3.18.